The summed E-state index contributed by atoms with van der Waals surface area (Å²) in [6, 6.07) is 0. The fourth-order valence-electron chi connectivity index (χ4n) is 0.447. The Kier molecular flexibility index (Phi) is 1.89. The molecule has 0 aromatic carbocycles. The van der Waals surface area contributed by atoms with Crippen molar-refractivity contribution in [3.8, 4) is 0 Å². The van der Waals surface area contributed by atoms with Crippen molar-refractivity contribution in [3.63, 3.8) is 0 Å². The van der Waals surface area contributed by atoms with Gasteiger partial charge in [0, 0.05) is 6.20 Å². The standard InChI is InChI=1S/C4H5FIN3/c5-9-2-1-8-4(7)3(9)6/h1-3H,(H2,7,8). The van der Waals surface area contributed by atoms with E-state index in [-0.39, 0.29) is 0 Å². The second-order valence-electron chi connectivity index (χ2n) is 1.53. The van der Waals surface area contributed by atoms with Gasteiger partial charge in [-0.05, 0) is 22.6 Å². The minimum atomic E-state index is -0.451. The molecule has 1 aliphatic heterocycles. The minimum Gasteiger partial charge on any atom is -0.385 e. The van der Waals surface area contributed by atoms with Crippen molar-refractivity contribution in [1.82, 2.24) is 5.12 Å². The molecule has 1 rings (SSSR count). The lowest BCUT2D eigenvalue weighted by Crippen LogP contribution is -2.34. The molecule has 2 N–H and O–H groups in total. The minimum absolute atomic E-state index is 0.292. The van der Waals surface area contributed by atoms with E-state index < -0.39 is 4.05 Å². The summed E-state index contributed by atoms with van der Waals surface area (Å²) < 4.78 is 12.0. The molecule has 0 aliphatic carbocycles. The van der Waals surface area contributed by atoms with Crippen molar-refractivity contribution in [2.45, 2.75) is 4.05 Å². The first-order chi connectivity index (χ1) is 4.22. The molecule has 0 amide bonds. The zero-order valence-electron chi connectivity index (χ0n) is 4.46. The van der Waals surface area contributed by atoms with Crippen molar-refractivity contribution < 1.29 is 4.48 Å². The Labute approximate surface area is 65.5 Å². The number of aliphatic imine (C=N–C) groups is 1. The molecule has 1 heterocycles. The van der Waals surface area contributed by atoms with Crippen LogP contribution >= 0.6 is 22.6 Å². The zero-order chi connectivity index (χ0) is 6.85. The fraction of sp³-hybridized carbons (Fsp3) is 0.250. The molecule has 0 aromatic rings. The van der Waals surface area contributed by atoms with Gasteiger partial charge in [-0.25, -0.2) is 4.99 Å². The lowest BCUT2D eigenvalue weighted by Gasteiger charge is -2.17. The van der Waals surface area contributed by atoms with Crippen LogP contribution in [0.4, 0.5) is 4.48 Å². The van der Waals surface area contributed by atoms with E-state index >= 15 is 0 Å². The van der Waals surface area contributed by atoms with E-state index in [0.29, 0.717) is 11.0 Å². The number of hydrogen-bond acceptors (Lipinski definition) is 3. The van der Waals surface area contributed by atoms with E-state index in [1.807, 2.05) is 22.6 Å². The van der Waals surface area contributed by atoms with E-state index in [4.69, 9.17) is 5.73 Å². The Morgan fingerprint density at radius 2 is 2.56 bits per heavy atom. The molecule has 0 spiro atoms. The molecule has 3 nitrogen and oxygen atoms in total. The molecule has 0 saturated carbocycles. The third-order valence-electron chi connectivity index (χ3n) is 0.893. The maximum atomic E-state index is 12.4. The van der Waals surface area contributed by atoms with Crippen LogP contribution in [-0.2, 0) is 0 Å². The quantitative estimate of drug-likeness (QED) is 0.294. The average molecular weight is 241 g/mol. The summed E-state index contributed by atoms with van der Waals surface area (Å²) in [5.41, 5.74) is 5.28. The normalized spacial score (nSPS) is 26.2. The monoisotopic (exact) mass is 241 g/mol. The molecule has 1 unspecified atom stereocenters. The summed E-state index contributed by atoms with van der Waals surface area (Å²) >= 11 is 1.85. The molecule has 0 saturated heterocycles. The van der Waals surface area contributed by atoms with Gasteiger partial charge < -0.3 is 5.73 Å². The molecule has 0 radical (unpaired) electrons. The van der Waals surface area contributed by atoms with Gasteiger partial charge in [0.2, 0.25) is 0 Å². The van der Waals surface area contributed by atoms with E-state index in [0.717, 1.165) is 0 Å². The lowest BCUT2D eigenvalue weighted by atomic mass is 10.5. The number of rotatable bonds is 0. The molecule has 0 fully saturated rings. The Balaban J connectivity index is 2.73. The molecular weight excluding hydrogens is 236 g/mol. The highest BCUT2D eigenvalue weighted by Gasteiger charge is 2.17. The molecule has 5 heteroatoms. The predicted octanol–water partition coefficient (Wildman–Crippen LogP) is 0.776. The second kappa shape index (κ2) is 2.51. The SMILES string of the molecule is NC1=NC=CN(F)C1I. The number of nitrogens with two attached hydrogens (primary N) is 1. The van der Waals surface area contributed by atoms with Gasteiger partial charge in [-0.3, -0.25) is 0 Å². The predicted molar refractivity (Wildman–Crippen MR) is 41.5 cm³/mol. The van der Waals surface area contributed by atoms with Crippen LogP contribution < -0.4 is 5.73 Å². The van der Waals surface area contributed by atoms with Gasteiger partial charge in [0.25, 0.3) is 0 Å². The largest absolute Gasteiger partial charge is 0.385 e. The number of nitrogens with zero attached hydrogens (tertiary/aromatic N) is 2. The van der Waals surface area contributed by atoms with Crippen LogP contribution in [0.5, 0.6) is 0 Å². The smallest absolute Gasteiger partial charge is 0.168 e. The summed E-state index contributed by atoms with van der Waals surface area (Å²) in [4.78, 5) is 3.69. The van der Waals surface area contributed by atoms with E-state index in [1.165, 1.54) is 12.4 Å². The first kappa shape index (κ1) is 6.79. The van der Waals surface area contributed by atoms with Crippen molar-refractivity contribution in [2.75, 3.05) is 0 Å². The van der Waals surface area contributed by atoms with E-state index in [2.05, 4.69) is 4.99 Å². The maximum Gasteiger partial charge on any atom is 0.168 e. The topological polar surface area (TPSA) is 41.6 Å². The summed E-state index contributed by atoms with van der Waals surface area (Å²) in [7, 11) is 0. The first-order valence-corrected chi connectivity index (χ1v) is 3.54. The Bertz CT molecular complexity index is 167. The molecule has 0 bridgehead atoms. The molecule has 1 atom stereocenters. The van der Waals surface area contributed by atoms with Crippen LogP contribution in [-0.4, -0.2) is 15.0 Å². The fourth-order valence-corrected chi connectivity index (χ4v) is 0.793. The van der Waals surface area contributed by atoms with Gasteiger partial charge in [0.1, 0.15) is 5.84 Å². The van der Waals surface area contributed by atoms with Gasteiger partial charge in [0.05, 0.1) is 6.20 Å². The zero-order valence-corrected chi connectivity index (χ0v) is 6.62. The van der Waals surface area contributed by atoms with E-state index in [1.54, 1.807) is 0 Å². The Morgan fingerprint density at radius 3 is 3.00 bits per heavy atom. The van der Waals surface area contributed by atoms with Crippen LogP contribution in [0.15, 0.2) is 17.4 Å². The Morgan fingerprint density at radius 1 is 1.89 bits per heavy atom. The van der Waals surface area contributed by atoms with Gasteiger partial charge in [0.15, 0.2) is 4.05 Å². The van der Waals surface area contributed by atoms with Crippen LogP contribution in [0.2, 0.25) is 0 Å². The third-order valence-corrected chi connectivity index (χ3v) is 2.06. The molecule has 9 heavy (non-hydrogen) atoms. The van der Waals surface area contributed by atoms with Gasteiger partial charge >= 0.3 is 0 Å². The average Bonchev–Trinajstić information content (AvgIpc) is 1.83. The lowest BCUT2D eigenvalue weighted by molar-refractivity contribution is 0.102. The molecular formula is C4H5FIN3. The van der Waals surface area contributed by atoms with Crippen LogP contribution in [0.1, 0.15) is 0 Å². The summed E-state index contributed by atoms with van der Waals surface area (Å²) in [6.45, 7) is 0. The number of alkyl halides is 1. The highest BCUT2D eigenvalue weighted by Crippen LogP contribution is 2.12. The first-order valence-electron chi connectivity index (χ1n) is 2.30. The van der Waals surface area contributed by atoms with Crippen molar-refractivity contribution >= 4 is 28.4 Å². The van der Waals surface area contributed by atoms with Crippen molar-refractivity contribution in [1.29, 1.82) is 0 Å². The van der Waals surface area contributed by atoms with Crippen LogP contribution in [0.25, 0.3) is 0 Å². The number of amidine groups is 1. The van der Waals surface area contributed by atoms with Gasteiger partial charge in [-0.2, -0.15) is 5.12 Å². The second-order valence-corrected chi connectivity index (χ2v) is 2.71. The third kappa shape index (κ3) is 1.32. The van der Waals surface area contributed by atoms with Crippen molar-refractivity contribution in [3.05, 3.63) is 12.4 Å². The van der Waals surface area contributed by atoms with E-state index in [9.17, 15) is 4.48 Å². The molecule has 1 aliphatic rings. The summed E-state index contributed by atoms with van der Waals surface area (Å²) in [6.07, 6.45) is 2.55. The highest BCUT2D eigenvalue weighted by atomic mass is 127. The summed E-state index contributed by atoms with van der Waals surface area (Å²) in [5, 5.41) is 0.503. The Hall–Kier alpha value is -0.330. The van der Waals surface area contributed by atoms with Crippen molar-refractivity contribution in [2.24, 2.45) is 10.7 Å². The maximum absolute atomic E-state index is 12.4. The van der Waals surface area contributed by atoms with Crippen LogP contribution in [0, 0.1) is 0 Å². The number of halogens is 2. The van der Waals surface area contributed by atoms with Gasteiger partial charge in [-0.1, -0.05) is 4.48 Å². The molecule has 0 aromatic heterocycles. The number of hydrogen-bond donors (Lipinski definition) is 1. The van der Waals surface area contributed by atoms with Crippen LogP contribution in [0.3, 0.4) is 0 Å². The molecule has 50 valence electrons. The summed E-state index contributed by atoms with van der Waals surface area (Å²) in [5.74, 6) is 0.292. The highest BCUT2D eigenvalue weighted by molar-refractivity contribution is 14.1. The van der Waals surface area contributed by atoms with Gasteiger partial charge in [-0.15, -0.1) is 0 Å².